The molecule has 0 saturated carbocycles. The third-order valence-electron chi connectivity index (χ3n) is 5.47. The van der Waals surface area contributed by atoms with Crippen molar-refractivity contribution < 1.29 is 18.3 Å². The molecule has 0 bridgehead atoms. The van der Waals surface area contributed by atoms with Crippen LogP contribution in [0.3, 0.4) is 0 Å². The minimum absolute atomic E-state index is 0.0128. The first kappa shape index (κ1) is 25.0. The SMILES string of the molecule is Cc1cccc(-c2ccc(CN(Cc3cccc(NCC(=O)O)n3)S(=O)(=O)c3ccccn3)cc2)c1. The summed E-state index contributed by atoms with van der Waals surface area (Å²) in [7, 11) is -3.94. The van der Waals surface area contributed by atoms with E-state index in [9.17, 15) is 13.2 Å². The Labute approximate surface area is 210 Å². The summed E-state index contributed by atoms with van der Waals surface area (Å²) in [6.45, 7) is 1.85. The highest BCUT2D eigenvalue weighted by atomic mass is 32.2. The lowest BCUT2D eigenvalue weighted by molar-refractivity contribution is -0.134. The van der Waals surface area contributed by atoms with E-state index in [2.05, 4.69) is 21.4 Å². The highest BCUT2D eigenvalue weighted by Gasteiger charge is 2.26. The normalized spacial score (nSPS) is 11.4. The molecule has 2 N–H and O–H groups in total. The number of sulfonamides is 1. The molecule has 0 radical (unpaired) electrons. The number of carboxylic acids is 1. The van der Waals surface area contributed by atoms with Crippen LogP contribution in [0.1, 0.15) is 16.8 Å². The highest BCUT2D eigenvalue weighted by Crippen LogP contribution is 2.24. The number of aromatic nitrogens is 2. The second kappa shape index (κ2) is 11.1. The molecule has 0 spiro atoms. The van der Waals surface area contributed by atoms with Gasteiger partial charge in [-0.15, -0.1) is 0 Å². The zero-order chi connectivity index (χ0) is 25.5. The van der Waals surface area contributed by atoms with Crippen LogP contribution in [0.4, 0.5) is 5.82 Å². The van der Waals surface area contributed by atoms with E-state index < -0.39 is 16.0 Å². The smallest absolute Gasteiger partial charge is 0.322 e. The number of carboxylic acid groups (broad SMARTS) is 1. The van der Waals surface area contributed by atoms with Gasteiger partial charge < -0.3 is 10.4 Å². The fraction of sp³-hybridized carbons (Fsp3) is 0.148. The third kappa shape index (κ3) is 6.32. The van der Waals surface area contributed by atoms with Crippen LogP contribution in [0.25, 0.3) is 11.1 Å². The molecule has 0 aliphatic heterocycles. The predicted octanol–water partition coefficient (Wildman–Crippen LogP) is 4.34. The largest absolute Gasteiger partial charge is 0.480 e. The highest BCUT2D eigenvalue weighted by molar-refractivity contribution is 7.89. The zero-order valence-corrected chi connectivity index (χ0v) is 20.5. The molecule has 0 saturated heterocycles. The van der Waals surface area contributed by atoms with Gasteiger partial charge in [0.2, 0.25) is 0 Å². The Hall–Kier alpha value is -4.08. The van der Waals surface area contributed by atoms with Crippen molar-refractivity contribution >= 4 is 21.8 Å². The third-order valence-corrected chi connectivity index (χ3v) is 7.18. The molecule has 0 unspecified atom stereocenters. The number of nitrogens with zero attached hydrogens (tertiary/aromatic N) is 3. The molecule has 9 heteroatoms. The van der Waals surface area contributed by atoms with Crippen LogP contribution >= 0.6 is 0 Å². The molecule has 0 atom stereocenters. The summed E-state index contributed by atoms with van der Waals surface area (Å²) in [5, 5.41) is 11.6. The summed E-state index contributed by atoms with van der Waals surface area (Å²) < 4.78 is 28.3. The Bertz CT molecular complexity index is 1440. The molecule has 0 aliphatic carbocycles. The van der Waals surface area contributed by atoms with Crippen molar-refractivity contribution in [2.75, 3.05) is 11.9 Å². The fourth-order valence-electron chi connectivity index (χ4n) is 3.70. The molecule has 2 heterocycles. The van der Waals surface area contributed by atoms with Gasteiger partial charge in [0.25, 0.3) is 10.0 Å². The van der Waals surface area contributed by atoms with Crippen LogP contribution in [0.15, 0.2) is 96.2 Å². The number of aliphatic carboxylic acids is 1. The van der Waals surface area contributed by atoms with E-state index in [1.807, 2.05) is 49.4 Å². The maximum absolute atomic E-state index is 13.5. The molecule has 8 nitrogen and oxygen atoms in total. The average Bonchev–Trinajstić information content (AvgIpc) is 2.88. The van der Waals surface area contributed by atoms with Crippen LogP contribution < -0.4 is 5.32 Å². The molecule has 0 aliphatic rings. The maximum atomic E-state index is 13.5. The first-order valence-electron chi connectivity index (χ1n) is 11.3. The molecule has 4 rings (SSSR count). The first-order valence-corrected chi connectivity index (χ1v) is 12.7. The number of anilines is 1. The number of aryl methyl sites for hydroxylation is 1. The van der Waals surface area contributed by atoms with Crippen molar-refractivity contribution in [1.82, 2.24) is 14.3 Å². The maximum Gasteiger partial charge on any atom is 0.322 e. The van der Waals surface area contributed by atoms with Crippen molar-refractivity contribution in [1.29, 1.82) is 0 Å². The van der Waals surface area contributed by atoms with Gasteiger partial charge in [0.15, 0.2) is 5.03 Å². The van der Waals surface area contributed by atoms with E-state index in [0.717, 1.165) is 22.3 Å². The molecule has 0 fully saturated rings. The lowest BCUT2D eigenvalue weighted by Crippen LogP contribution is -2.31. The second-order valence-corrected chi connectivity index (χ2v) is 10.2. The van der Waals surface area contributed by atoms with Gasteiger partial charge in [-0.3, -0.25) is 4.79 Å². The minimum Gasteiger partial charge on any atom is -0.480 e. The Morgan fingerprint density at radius 2 is 1.69 bits per heavy atom. The monoisotopic (exact) mass is 502 g/mol. The molecule has 2 aromatic carbocycles. The Kier molecular flexibility index (Phi) is 7.72. The number of carbonyl (C=O) groups is 1. The van der Waals surface area contributed by atoms with E-state index in [-0.39, 0.29) is 24.7 Å². The number of hydrogen-bond acceptors (Lipinski definition) is 6. The van der Waals surface area contributed by atoms with Gasteiger partial charge >= 0.3 is 5.97 Å². The summed E-state index contributed by atoms with van der Waals surface area (Å²) in [5.41, 5.74) is 4.58. The van der Waals surface area contributed by atoms with Crippen molar-refractivity contribution in [3.63, 3.8) is 0 Å². The molecule has 4 aromatic rings. The first-order chi connectivity index (χ1) is 17.3. The van der Waals surface area contributed by atoms with Gasteiger partial charge in [0, 0.05) is 12.7 Å². The van der Waals surface area contributed by atoms with Crippen molar-refractivity contribution in [2.24, 2.45) is 0 Å². The number of benzene rings is 2. The van der Waals surface area contributed by atoms with E-state index in [0.29, 0.717) is 11.5 Å². The molecule has 36 heavy (non-hydrogen) atoms. The van der Waals surface area contributed by atoms with Crippen LogP contribution in [-0.2, 0) is 27.9 Å². The summed E-state index contributed by atoms with van der Waals surface area (Å²) >= 11 is 0. The van der Waals surface area contributed by atoms with Gasteiger partial charge in [-0.25, -0.2) is 18.4 Å². The van der Waals surface area contributed by atoms with Crippen LogP contribution in [-0.4, -0.2) is 40.3 Å². The molecular formula is C27H26N4O4S. The lowest BCUT2D eigenvalue weighted by Gasteiger charge is -2.22. The Morgan fingerprint density at radius 1 is 0.917 bits per heavy atom. The van der Waals surface area contributed by atoms with Gasteiger partial charge in [-0.2, -0.15) is 4.31 Å². The van der Waals surface area contributed by atoms with Crippen LogP contribution in [0.2, 0.25) is 0 Å². The van der Waals surface area contributed by atoms with E-state index in [1.165, 1.54) is 16.6 Å². The van der Waals surface area contributed by atoms with Crippen molar-refractivity contribution in [2.45, 2.75) is 25.0 Å². The van der Waals surface area contributed by atoms with E-state index >= 15 is 0 Å². The van der Waals surface area contributed by atoms with Crippen LogP contribution in [0.5, 0.6) is 0 Å². The topological polar surface area (TPSA) is 112 Å². The van der Waals surface area contributed by atoms with Crippen molar-refractivity contribution in [3.05, 3.63) is 108 Å². The number of hydrogen-bond donors (Lipinski definition) is 2. The number of rotatable bonds is 10. The summed E-state index contributed by atoms with van der Waals surface area (Å²) in [4.78, 5) is 19.3. The van der Waals surface area contributed by atoms with E-state index in [4.69, 9.17) is 5.11 Å². The average molecular weight is 503 g/mol. The quantitative estimate of drug-likeness (QED) is 0.332. The molecular weight excluding hydrogens is 476 g/mol. The Balaban J connectivity index is 1.62. The standard InChI is InChI=1S/C27H26N4O4S/c1-20-6-4-7-23(16-20)22-13-11-21(12-14-22)18-31(36(34,35)26-10-2-3-15-28-26)19-24-8-5-9-25(30-24)29-17-27(32)33/h2-16H,17-19H2,1H3,(H,29,30)(H,32,33). The fourth-order valence-corrected chi connectivity index (χ4v) is 5.03. The van der Waals surface area contributed by atoms with Crippen molar-refractivity contribution in [3.8, 4) is 11.1 Å². The van der Waals surface area contributed by atoms with Gasteiger partial charge in [0.05, 0.1) is 12.2 Å². The Morgan fingerprint density at radius 3 is 2.39 bits per heavy atom. The van der Waals surface area contributed by atoms with Gasteiger partial charge in [-0.05, 0) is 47.9 Å². The van der Waals surface area contributed by atoms with Gasteiger partial charge in [-0.1, -0.05) is 66.2 Å². The number of nitrogens with one attached hydrogen (secondary N) is 1. The second-order valence-electron chi connectivity index (χ2n) is 8.27. The number of pyridine rings is 2. The molecule has 0 amide bonds. The van der Waals surface area contributed by atoms with Gasteiger partial charge in [0.1, 0.15) is 12.4 Å². The van der Waals surface area contributed by atoms with Crippen LogP contribution in [0, 0.1) is 6.92 Å². The summed E-state index contributed by atoms with van der Waals surface area (Å²) in [6.07, 6.45) is 1.44. The summed E-state index contributed by atoms with van der Waals surface area (Å²) in [6, 6.07) is 25.8. The predicted molar refractivity (Wildman–Crippen MR) is 138 cm³/mol. The molecule has 184 valence electrons. The van der Waals surface area contributed by atoms with E-state index in [1.54, 1.807) is 30.3 Å². The minimum atomic E-state index is -3.94. The zero-order valence-electron chi connectivity index (χ0n) is 19.7. The molecule has 2 aromatic heterocycles. The summed E-state index contributed by atoms with van der Waals surface area (Å²) in [5.74, 6) is -0.664. The lowest BCUT2D eigenvalue weighted by atomic mass is 10.0.